The van der Waals surface area contributed by atoms with E-state index in [-0.39, 0.29) is 0 Å². The maximum atomic E-state index is 5.78. The number of benzene rings is 2. The van der Waals surface area contributed by atoms with Crippen molar-refractivity contribution in [3.05, 3.63) is 53.6 Å². The molecule has 0 heterocycles. The average Bonchev–Trinajstić information content (AvgIpc) is 2.45. The van der Waals surface area contributed by atoms with Gasteiger partial charge in [0.25, 0.3) is 0 Å². The van der Waals surface area contributed by atoms with Gasteiger partial charge in [-0.1, -0.05) is 25.1 Å². The molecule has 0 unspecified atom stereocenters. The Hall–Kier alpha value is -2.16. The topological polar surface area (TPSA) is 47.3 Å². The number of aryl methyl sites for hydroxylation is 1. The van der Waals surface area contributed by atoms with E-state index in [0.717, 1.165) is 35.7 Å². The predicted molar refractivity (Wildman–Crippen MR) is 80.6 cm³/mol. The Bertz CT molecular complexity index is 552. The fourth-order valence-corrected chi connectivity index (χ4v) is 2.01. The number of hydrogen-bond donors (Lipinski definition) is 2. The zero-order valence-electron chi connectivity index (χ0n) is 11.4. The summed E-state index contributed by atoms with van der Waals surface area (Å²) in [6.07, 6.45) is 1.01. The third kappa shape index (κ3) is 3.41. The smallest absolute Gasteiger partial charge is 0.141 e. The van der Waals surface area contributed by atoms with Gasteiger partial charge in [-0.3, -0.25) is 0 Å². The molecule has 0 saturated carbocycles. The Balaban J connectivity index is 2.14. The summed E-state index contributed by atoms with van der Waals surface area (Å²) in [5.41, 5.74) is 10.0. The number of rotatable bonds is 5. The molecule has 0 aromatic heterocycles. The summed E-state index contributed by atoms with van der Waals surface area (Å²) >= 11 is 0. The molecule has 0 bridgehead atoms. The molecule has 0 fully saturated rings. The molecule has 2 rings (SSSR count). The van der Waals surface area contributed by atoms with Crippen molar-refractivity contribution in [3.8, 4) is 5.75 Å². The fourth-order valence-electron chi connectivity index (χ4n) is 2.01. The normalized spacial score (nSPS) is 10.2. The van der Waals surface area contributed by atoms with Crippen LogP contribution in [-0.4, -0.2) is 7.11 Å². The SMILES string of the molecule is CCc1ccc(OC)c(NCc2cccc(N)c2)c1. The van der Waals surface area contributed by atoms with Crippen molar-refractivity contribution in [2.75, 3.05) is 18.2 Å². The van der Waals surface area contributed by atoms with Gasteiger partial charge in [-0.2, -0.15) is 0 Å². The largest absolute Gasteiger partial charge is 0.495 e. The molecule has 0 aliphatic carbocycles. The second-order valence-electron chi connectivity index (χ2n) is 4.49. The summed E-state index contributed by atoms with van der Waals surface area (Å²) < 4.78 is 5.37. The first-order chi connectivity index (χ1) is 9.22. The molecule has 3 heteroatoms. The maximum Gasteiger partial charge on any atom is 0.141 e. The number of methoxy groups -OCH3 is 1. The zero-order chi connectivity index (χ0) is 13.7. The molecule has 0 radical (unpaired) electrons. The first-order valence-electron chi connectivity index (χ1n) is 6.48. The van der Waals surface area contributed by atoms with Gasteiger partial charge in [-0.25, -0.2) is 0 Å². The van der Waals surface area contributed by atoms with Crippen LogP contribution in [0.1, 0.15) is 18.1 Å². The van der Waals surface area contributed by atoms with Gasteiger partial charge in [0.2, 0.25) is 0 Å². The quantitative estimate of drug-likeness (QED) is 0.805. The van der Waals surface area contributed by atoms with Crippen LogP contribution in [0.2, 0.25) is 0 Å². The molecule has 2 aromatic carbocycles. The molecule has 2 aromatic rings. The Labute approximate surface area is 114 Å². The third-order valence-corrected chi connectivity index (χ3v) is 3.11. The monoisotopic (exact) mass is 256 g/mol. The Morgan fingerprint density at radius 2 is 1.95 bits per heavy atom. The van der Waals surface area contributed by atoms with E-state index in [1.54, 1.807) is 7.11 Å². The van der Waals surface area contributed by atoms with Crippen molar-refractivity contribution in [1.82, 2.24) is 0 Å². The van der Waals surface area contributed by atoms with Crippen molar-refractivity contribution in [2.24, 2.45) is 0 Å². The molecule has 0 aliphatic heterocycles. The summed E-state index contributed by atoms with van der Waals surface area (Å²) in [6, 6.07) is 14.1. The summed E-state index contributed by atoms with van der Waals surface area (Å²) in [5.74, 6) is 0.862. The number of ether oxygens (including phenoxy) is 1. The fraction of sp³-hybridized carbons (Fsp3) is 0.250. The van der Waals surface area contributed by atoms with Crippen LogP contribution in [0.5, 0.6) is 5.75 Å². The molecule has 3 nitrogen and oxygen atoms in total. The lowest BCUT2D eigenvalue weighted by Crippen LogP contribution is -2.02. The summed E-state index contributed by atoms with van der Waals surface area (Å²) in [6.45, 7) is 2.87. The maximum absolute atomic E-state index is 5.78. The lowest BCUT2D eigenvalue weighted by Gasteiger charge is -2.13. The van der Waals surface area contributed by atoms with E-state index in [1.165, 1.54) is 5.56 Å². The number of hydrogen-bond acceptors (Lipinski definition) is 3. The number of nitrogen functional groups attached to an aromatic ring is 1. The van der Waals surface area contributed by atoms with Crippen molar-refractivity contribution < 1.29 is 4.74 Å². The van der Waals surface area contributed by atoms with Gasteiger partial charge in [0.15, 0.2) is 0 Å². The molecular weight excluding hydrogens is 236 g/mol. The van der Waals surface area contributed by atoms with Gasteiger partial charge in [-0.05, 0) is 41.8 Å². The van der Waals surface area contributed by atoms with Gasteiger partial charge >= 0.3 is 0 Å². The molecular formula is C16H20N2O. The summed E-state index contributed by atoms with van der Waals surface area (Å²) in [4.78, 5) is 0. The number of nitrogens with one attached hydrogen (secondary N) is 1. The first kappa shape index (κ1) is 13.3. The van der Waals surface area contributed by atoms with Crippen molar-refractivity contribution in [2.45, 2.75) is 19.9 Å². The standard InChI is InChI=1S/C16H20N2O/c1-3-12-7-8-16(19-2)15(10-12)18-11-13-5-4-6-14(17)9-13/h4-10,18H,3,11,17H2,1-2H3. The van der Waals surface area contributed by atoms with Gasteiger partial charge in [-0.15, -0.1) is 0 Å². The van der Waals surface area contributed by atoms with Gasteiger partial charge in [0.05, 0.1) is 12.8 Å². The average molecular weight is 256 g/mol. The lowest BCUT2D eigenvalue weighted by molar-refractivity contribution is 0.416. The Morgan fingerprint density at radius 1 is 1.11 bits per heavy atom. The molecule has 0 amide bonds. The molecule has 0 atom stereocenters. The highest BCUT2D eigenvalue weighted by molar-refractivity contribution is 5.58. The molecule has 100 valence electrons. The predicted octanol–water partition coefficient (Wildman–Crippen LogP) is 3.45. The van der Waals surface area contributed by atoms with Gasteiger partial charge < -0.3 is 15.8 Å². The van der Waals surface area contributed by atoms with E-state index in [1.807, 2.05) is 24.3 Å². The third-order valence-electron chi connectivity index (χ3n) is 3.11. The Kier molecular flexibility index (Phi) is 4.29. The van der Waals surface area contributed by atoms with Crippen molar-refractivity contribution in [3.63, 3.8) is 0 Å². The van der Waals surface area contributed by atoms with E-state index >= 15 is 0 Å². The molecule has 0 spiro atoms. The molecule has 0 saturated heterocycles. The van der Waals surface area contributed by atoms with Crippen LogP contribution in [0, 0.1) is 0 Å². The van der Waals surface area contributed by atoms with E-state index in [9.17, 15) is 0 Å². The van der Waals surface area contributed by atoms with Gasteiger partial charge in [0.1, 0.15) is 5.75 Å². The van der Waals surface area contributed by atoms with Crippen molar-refractivity contribution in [1.29, 1.82) is 0 Å². The molecule has 3 N–H and O–H groups in total. The highest BCUT2D eigenvalue weighted by Crippen LogP contribution is 2.26. The van der Waals surface area contributed by atoms with Crippen LogP contribution in [0.15, 0.2) is 42.5 Å². The van der Waals surface area contributed by atoms with Crippen molar-refractivity contribution >= 4 is 11.4 Å². The van der Waals surface area contributed by atoms with Crippen LogP contribution in [0.25, 0.3) is 0 Å². The number of anilines is 2. The zero-order valence-corrected chi connectivity index (χ0v) is 11.4. The first-order valence-corrected chi connectivity index (χ1v) is 6.48. The highest BCUT2D eigenvalue weighted by atomic mass is 16.5. The van der Waals surface area contributed by atoms with Crippen LogP contribution >= 0.6 is 0 Å². The second-order valence-corrected chi connectivity index (χ2v) is 4.49. The highest BCUT2D eigenvalue weighted by Gasteiger charge is 2.03. The van der Waals surface area contributed by atoms with E-state index < -0.39 is 0 Å². The van der Waals surface area contributed by atoms with Crippen LogP contribution < -0.4 is 15.8 Å². The minimum Gasteiger partial charge on any atom is -0.495 e. The lowest BCUT2D eigenvalue weighted by atomic mass is 10.1. The van der Waals surface area contributed by atoms with E-state index in [2.05, 4.69) is 30.4 Å². The van der Waals surface area contributed by atoms with Crippen LogP contribution in [0.4, 0.5) is 11.4 Å². The summed E-state index contributed by atoms with van der Waals surface area (Å²) in [5, 5.41) is 3.40. The Morgan fingerprint density at radius 3 is 2.63 bits per heavy atom. The number of nitrogens with two attached hydrogens (primary N) is 1. The molecule has 0 aliphatic rings. The van der Waals surface area contributed by atoms with Crippen LogP contribution in [-0.2, 0) is 13.0 Å². The molecule has 19 heavy (non-hydrogen) atoms. The van der Waals surface area contributed by atoms with E-state index in [0.29, 0.717) is 0 Å². The van der Waals surface area contributed by atoms with E-state index in [4.69, 9.17) is 10.5 Å². The second kappa shape index (κ2) is 6.14. The van der Waals surface area contributed by atoms with Gasteiger partial charge in [0, 0.05) is 12.2 Å². The minimum atomic E-state index is 0.731. The minimum absolute atomic E-state index is 0.731. The van der Waals surface area contributed by atoms with Crippen LogP contribution in [0.3, 0.4) is 0 Å². The summed E-state index contributed by atoms with van der Waals surface area (Å²) in [7, 11) is 1.69.